The highest BCUT2D eigenvalue weighted by atomic mass is 15.1. The maximum atomic E-state index is 3.77. The molecule has 2 aliphatic rings. The average Bonchev–Trinajstić information content (AvgIpc) is 2.72. The highest BCUT2D eigenvalue weighted by molar-refractivity contribution is 4.98. The van der Waals surface area contributed by atoms with Gasteiger partial charge in [0, 0.05) is 12.1 Å². The maximum absolute atomic E-state index is 3.77. The number of hydrogen-bond acceptors (Lipinski definition) is 2. The van der Waals surface area contributed by atoms with Crippen molar-refractivity contribution < 1.29 is 0 Å². The fourth-order valence-electron chi connectivity index (χ4n) is 2.50. The zero-order valence-electron chi connectivity index (χ0n) is 9.21. The molecule has 0 radical (unpaired) electrons. The Balaban J connectivity index is 1.68. The van der Waals surface area contributed by atoms with Gasteiger partial charge in [-0.3, -0.25) is 0 Å². The Morgan fingerprint density at radius 1 is 1.14 bits per heavy atom. The van der Waals surface area contributed by atoms with Crippen molar-refractivity contribution in [2.75, 3.05) is 19.6 Å². The van der Waals surface area contributed by atoms with E-state index in [9.17, 15) is 0 Å². The molecular formula is C12H22N2. The van der Waals surface area contributed by atoms with Crippen LogP contribution in [-0.2, 0) is 0 Å². The van der Waals surface area contributed by atoms with Gasteiger partial charge in [0.15, 0.2) is 0 Å². The number of rotatable bonds is 3. The molecule has 1 saturated heterocycles. The molecule has 0 bridgehead atoms. The first kappa shape index (κ1) is 10.2. The molecule has 0 unspecified atom stereocenters. The van der Waals surface area contributed by atoms with Crippen molar-refractivity contribution in [3.05, 3.63) is 12.2 Å². The number of likely N-dealkylation sites (tertiary alicyclic amines) is 1. The van der Waals surface area contributed by atoms with Crippen molar-refractivity contribution in [1.29, 1.82) is 0 Å². The van der Waals surface area contributed by atoms with E-state index in [1.54, 1.807) is 0 Å². The highest BCUT2D eigenvalue weighted by Gasteiger charge is 2.20. The van der Waals surface area contributed by atoms with E-state index in [2.05, 4.69) is 29.3 Å². The average molecular weight is 194 g/mol. The van der Waals surface area contributed by atoms with Crippen LogP contribution in [0.15, 0.2) is 12.2 Å². The SMILES string of the molecule is CCN1CCC(NC2CC=CC2)CC1. The lowest BCUT2D eigenvalue weighted by atomic mass is 10.0. The van der Waals surface area contributed by atoms with Gasteiger partial charge in [-0.1, -0.05) is 19.1 Å². The Morgan fingerprint density at radius 3 is 2.36 bits per heavy atom. The summed E-state index contributed by atoms with van der Waals surface area (Å²) in [4.78, 5) is 2.55. The molecule has 2 nitrogen and oxygen atoms in total. The van der Waals surface area contributed by atoms with Crippen molar-refractivity contribution >= 4 is 0 Å². The summed E-state index contributed by atoms with van der Waals surface area (Å²) in [5, 5.41) is 3.77. The van der Waals surface area contributed by atoms with Gasteiger partial charge in [-0.25, -0.2) is 0 Å². The molecule has 2 rings (SSSR count). The Hall–Kier alpha value is -0.340. The molecule has 1 aliphatic heterocycles. The molecule has 0 aromatic rings. The minimum absolute atomic E-state index is 0.744. The molecule has 0 aromatic heterocycles. The molecule has 0 amide bonds. The standard InChI is InChI=1S/C12H22N2/c1-2-14-9-7-12(8-10-14)13-11-5-3-4-6-11/h3-4,11-13H,2,5-10H2,1H3. The van der Waals surface area contributed by atoms with E-state index in [1.165, 1.54) is 45.3 Å². The zero-order chi connectivity index (χ0) is 9.80. The van der Waals surface area contributed by atoms with E-state index < -0.39 is 0 Å². The lowest BCUT2D eigenvalue weighted by molar-refractivity contribution is 0.199. The molecule has 0 spiro atoms. The van der Waals surface area contributed by atoms with E-state index in [0.29, 0.717) is 0 Å². The third kappa shape index (κ3) is 2.58. The summed E-state index contributed by atoms with van der Waals surface area (Å²) in [7, 11) is 0. The van der Waals surface area contributed by atoms with Gasteiger partial charge in [0.2, 0.25) is 0 Å². The number of piperidine rings is 1. The second kappa shape index (κ2) is 4.94. The summed E-state index contributed by atoms with van der Waals surface area (Å²) in [6.45, 7) is 6.05. The van der Waals surface area contributed by atoms with Gasteiger partial charge >= 0.3 is 0 Å². The van der Waals surface area contributed by atoms with Crippen molar-refractivity contribution in [2.45, 2.75) is 44.7 Å². The smallest absolute Gasteiger partial charge is 0.0139 e. The van der Waals surface area contributed by atoms with Gasteiger partial charge in [0.25, 0.3) is 0 Å². The predicted molar refractivity (Wildman–Crippen MR) is 60.4 cm³/mol. The normalized spacial score (nSPS) is 26.1. The molecular weight excluding hydrogens is 172 g/mol. The van der Waals surface area contributed by atoms with Crippen LogP contribution in [0.25, 0.3) is 0 Å². The minimum Gasteiger partial charge on any atom is -0.311 e. The van der Waals surface area contributed by atoms with Crippen molar-refractivity contribution in [1.82, 2.24) is 10.2 Å². The summed E-state index contributed by atoms with van der Waals surface area (Å²) < 4.78 is 0. The third-order valence-electron chi connectivity index (χ3n) is 3.51. The van der Waals surface area contributed by atoms with Crippen molar-refractivity contribution in [2.24, 2.45) is 0 Å². The van der Waals surface area contributed by atoms with Crippen LogP contribution in [0.3, 0.4) is 0 Å². The second-order valence-electron chi connectivity index (χ2n) is 4.51. The first-order valence-electron chi connectivity index (χ1n) is 6.02. The lowest BCUT2D eigenvalue weighted by Crippen LogP contribution is -2.45. The van der Waals surface area contributed by atoms with Crippen LogP contribution in [0.1, 0.15) is 32.6 Å². The number of nitrogens with one attached hydrogen (secondary N) is 1. The van der Waals surface area contributed by atoms with E-state index in [0.717, 1.165) is 12.1 Å². The first-order chi connectivity index (χ1) is 6.88. The molecule has 14 heavy (non-hydrogen) atoms. The summed E-state index contributed by atoms with van der Waals surface area (Å²) >= 11 is 0. The van der Waals surface area contributed by atoms with Gasteiger partial charge < -0.3 is 10.2 Å². The topological polar surface area (TPSA) is 15.3 Å². The quantitative estimate of drug-likeness (QED) is 0.689. The molecule has 1 N–H and O–H groups in total. The van der Waals surface area contributed by atoms with Crippen molar-refractivity contribution in [3.63, 3.8) is 0 Å². The first-order valence-corrected chi connectivity index (χ1v) is 6.02. The molecule has 0 aromatic carbocycles. The number of nitrogens with zero attached hydrogens (tertiary/aromatic N) is 1. The van der Waals surface area contributed by atoms with Gasteiger partial charge in [0.05, 0.1) is 0 Å². The van der Waals surface area contributed by atoms with Crippen LogP contribution in [0, 0.1) is 0 Å². The van der Waals surface area contributed by atoms with E-state index in [-0.39, 0.29) is 0 Å². The fourth-order valence-corrected chi connectivity index (χ4v) is 2.50. The third-order valence-corrected chi connectivity index (χ3v) is 3.51. The Kier molecular flexibility index (Phi) is 3.60. The van der Waals surface area contributed by atoms with Crippen LogP contribution in [-0.4, -0.2) is 36.6 Å². The Bertz CT molecular complexity index is 184. The predicted octanol–water partition coefficient (Wildman–Crippen LogP) is 1.78. The molecule has 0 saturated carbocycles. The van der Waals surface area contributed by atoms with Crippen LogP contribution in [0.4, 0.5) is 0 Å². The molecule has 1 aliphatic carbocycles. The van der Waals surface area contributed by atoms with E-state index in [1.807, 2.05) is 0 Å². The molecule has 2 heteroatoms. The summed E-state index contributed by atoms with van der Waals surface area (Å²) in [5.41, 5.74) is 0. The Labute approximate surface area is 87.4 Å². The minimum atomic E-state index is 0.744. The highest BCUT2D eigenvalue weighted by Crippen LogP contribution is 2.15. The van der Waals surface area contributed by atoms with E-state index in [4.69, 9.17) is 0 Å². The number of hydrogen-bond donors (Lipinski definition) is 1. The zero-order valence-corrected chi connectivity index (χ0v) is 9.21. The van der Waals surface area contributed by atoms with Gasteiger partial charge in [-0.15, -0.1) is 0 Å². The Morgan fingerprint density at radius 2 is 1.79 bits per heavy atom. The summed E-state index contributed by atoms with van der Waals surface area (Å²) in [5.74, 6) is 0. The van der Waals surface area contributed by atoms with Crippen molar-refractivity contribution in [3.8, 4) is 0 Å². The largest absolute Gasteiger partial charge is 0.311 e. The summed E-state index contributed by atoms with van der Waals surface area (Å²) in [6, 6.07) is 1.52. The molecule has 1 heterocycles. The fraction of sp³-hybridized carbons (Fsp3) is 0.833. The monoisotopic (exact) mass is 194 g/mol. The van der Waals surface area contributed by atoms with Gasteiger partial charge in [0.1, 0.15) is 0 Å². The van der Waals surface area contributed by atoms with Crippen LogP contribution >= 0.6 is 0 Å². The van der Waals surface area contributed by atoms with Gasteiger partial charge in [-0.2, -0.15) is 0 Å². The molecule has 80 valence electrons. The van der Waals surface area contributed by atoms with Crippen LogP contribution in [0.2, 0.25) is 0 Å². The van der Waals surface area contributed by atoms with Crippen LogP contribution in [0.5, 0.6) is 0 Å². The molecule has 0 atom stereocenters. The maximum Gasteiger partial charge on any atom is 0.0139 e. The van der Waals surface area contributed by atoms with E-state index >= 15 is 0 Å². The second-order valence-corrected chi connectivity index (χ2v) is 4.51. The van der Waals surface area contributed by atoms with Crippen LogP contribution < -0.4 is 5.32 Å². The van der Waals surface area contributed by atoms with Gasteiger partial charge in [-0.05, 0) is 45.3 Å². The molecule has 1 fully saturated rings. The lowest BCUT2D eigenvalue weighted by Gasteiger charge is -2.33. The summed E-state index contributed by atoms with van der Waals surface area (Å²) in [6.07, 6.45) is 9.77.